The van der Waals surface area contributed by atoms with Crippen LogP contribution in [0, 0.1) is 0 Å². The molecule has 2 N–H and O–H groups in total. The minimum Gasteiger partial charge on any atom is -0.358 e. The Balaban J connectivity index is 1.58. The first-order valence-corrected chi connectivity index (χ1v) is 8.72. The fourth-order valence-electron chi connectivity index (χ4n) is 3.42. The number of H-pyrrole nitrogens is 1. The minimum absolute atomic E-state index is 0.0965. The summed E-state index contributed by atoms with van der Waals surface area (Å²) in [7, 11) is 0. The van der Waals surface area contributed by atoms with Gasteiger partial charge in [0.25, 0.3) is 5.91 Å². The number of fused-ring (bicyclic) bond motifs is 3. The lowest BCUT2D eigenvalue weighted by atomic mass is 9.91. The maximum atomic E-state index is 12.5. The van der Waals surface area contributed by atoms with Crippen LogP contribution in [0.25, 0.3) is 10.9 Å². The van der Waals surface area contributed by atoms with Gasteiger partial charge in [0.05, 0.1) is 10.6 Å². The van der Waals surface area contributed by atoms with Gasteiger partial charge in [-0.25, -0.2) is 0 Å². The lowest BCUT2D eigenvalue weighted by molar-refractivity contribution is 0.0934. The molecule has 2 aromatic carbocycles. The zero-order valence-electron chi connectivity index (χ0n) is 12.9. The van der Waals surface area contributed by atoms with Gasteiger partial charge in [0, 0.05) is 27.7 Å². The van der Waals surface area contributed by atoms with Crippen molar-refractivity contribution in [3.8, 4) is 0 Å². The third-order valence-electron chi connectivity index (χ3n) is 4.60. The molecule has 0 saturated heterocycles. The maximum Gasteiger partial charge on any atom is 0.253 e. The number of nitrogens with one attached hydrogen (secondary N) is 2. The Morgan fingerprint density at radius 2 is 2.00 bits per heavy atom. The van der Waals surface area contributed by atoms with E-state index in [1.54, 1.807) is 12.1 Å². The number of rotatable bonds is 2. The summed E-state index contributed by atoms with van der Waals surface area (Å²) in [5.74, 6) is -0.119. The van der Waals surface area contributed by atoms with E-state index in [1.807, 2.05) is 30.3 Å². The molecule has 0 saturated carbocycles. The van der Waals surface area contributed by atoms with Crippen LogP contribution in [0.4, 0.5) is 0 Å². The molecule has 1 aliphatic carbocycles. The van der Waals surface area contributed by atoms with E-state index in [-0.39, 0.29) is 11.9 Å². The molecule has 1 unspecified atom stereocenters. The number of hydrogen-bond donors (Lipinski definition) is 2. The summed E-state index contributed by atoms with van der Waals surface area (Å²) < 4.78 is 0. The normalized spacial score (nSPS) is 16.8. The van der Waals surface area contributed by atoms with Gasteiger partial charge in [-0.2, -0.15) is 0 Å². The van der Waals surface area contributed by atoms with E-state index in [0.717, 1.165) is 35.2 Å². The van der Waals surface area contributed by atoms with Gasteiger partial charge in [-0.3, -0.25) is 4.79 Å². The molecule has 0 radical (unpaired) electrons. The van der Waals surface area contributed by atoms with Crippen molar-refractivity contribution in [3.63, 3.8) is 0 Å². The van der Waals surface area contributed by atoms with Crippen molar-refractivity contribution >= 4 is 40.0 Å². The quantitative estimate of drug-likeness (QED) is 0.681. The van der Waals surface area contributed by atoms with Gasteiger partial charge in [-0.1, -0.05) is 35.3 Å². The zero-order chi connectivity index (χ0) is 16.7. The topological polar surface area (TPSA) is 44.9 Å². The molecule has 1 amide bonds. The second kappa shape index (κ2) is 6.15. The van der Waals surface area contributed by atoms with Gasteiger partial charge >= 0.3 is 0 Å². The Hall–Kier alpha value is -1.97. The van der Waals surface area contributed by atoms with E-state index >= 15 is 0 Å². The average molecular weight is 359 g/mol. The van der Waals surface area contributed by atoms with E-state index in [0.29, 0.717) is 10.6 Å². The van der Waals surface area contributed by atoms with Gasteiger partial charge in [-0.15, -0.1) is 0 Å². The number of halogens is 2. The van der Waals surface area contributed by atoms with Gasteiger partial charge in [0.2, 0.25) is 0 Å². The molecule has 4 rings (SSSR count). The van der Waals surface area contributed by atoms with Crippen LogP contribution in [0.5, 0.6) is 0 Å². The number of aromatic nitrogens is 1. The molecule has 24 heavy (non-hydrogen) atoms. The van der Waals surface area contributed by atoms with Crippen LogP contribution < -0.4 is 5.32 Å². The van der Waals surface area contributed by atoms with Gasteiger partial charge in [0.1, 0.15) is 0 Å². The standard InChI is InChI=1S/C19H16Cl2N2O/c20-11-5-7-17-14(9-11)15-10-12(6-8-18(15)23-17)22-19(24)13-3-1-2-4-16(13)21/h1-5,7,9,12,23H,6,8,10H2,(H,22,24). The van der Waals surface area contributed by atoms with E-state index in [2.05, 4.69) is 10.3 Å². The molecule has 1 heterocycles. The molecule has 3 aromatic rings. The van der Waals surface area contributed by atoms with Crippen molar-refractivity contribution < 1.29 is 4.79 Å². The predicted octanol–water partition coefficient (Wildman–Crippen LogP) is 4.76. The maximum absolute atomic E-state index is 12.5. The average Bonchev–Trinajstić information content (AvgIpc) is 2.92. The number of benzene rings is 2. The van der Waals surface area contributed by atoms with Crippen molar-refractivity contribution in [1.29, 1.82) is 0 Å². The lowest BCUT2D eigenvalue weighted by Crippen LogP contribution is -2.38. The molecule has 3 nitrogen and oxygen atoms in total. The Morgan fingerprint density at radius 1 is 1.17 bits per heavy atom. The van der Waals surface area contributed by atoms with Crippen LogP contribution in [0.2, 0.25) is 10.0 Å². The first kappa shape index (κ1) is 15.6. The number of aryl methyl sites for hydroxylation is 1. The van der Waals surface area contributed by atoms with Crippen molar-refractivity contribution in [2.24, 2.45) is 0 Å². The molecule has 0 spiro atoms. The minimum atomic E-state index is -0.119. The Bertz CT molecular complexity index is 932. The van der Waals surface area contributed by atoms with E-state index < -0.39 is 0 Å². The summed E-state index contributed by atoms with van der Waals surface area (Å²) >= 11 is 12.3. The first-order chi connectivity index (χ1) is 11.6. The van der Waals surface area contributed by atoms with Crippen LogP contribution >= 0.6 is 23.2 Å². The summed E-state index contributed by atoms with van der Waals surface area (Å²) in [5.41, 5.74) is 4.12. The highest BCUT2D eigenvalue weighted by Gasteiger charge is 2.24. The second-order valence-electron chi connectivity index (χ2n) is 6.17. The number of carbonyl (C=O) groups excluding carboxylic acids is 1. The highest BCUT2D eigenvalue weighted by Crippen LogP contribution is 2.31. The van der Waals surface area contributed by atoms with Gasteiger partial charge < -0.3 is 10.3 Å². The molecule has 1 aliphatic rings. The van der Waals surface area contributed by atoms with E-state index in [9.17, 15) is 4.79 Å². The molecule has 0 aliphatic heterocycles. The van der Waals surface area contributed by atoms with Crippen molar-refractivity contribution in [3.05, 3.63) is 69.3 Å². The highest BCUT2D eigenvalue weighted by atomic mass is 35.5. The van der Waals surface area contributed by atoms with Crippen LogP contribution in [-0.2, 0) is 12.8 Å². The highest BCUT2D eigenvalue weighted by molar-refractivity contribution is 6.33. The Labute approximate surface area is 150 Å². The molecule has 1 atom stereocenters. The number of hydrogen-bond acceptors (Lipinski definition) is 1. The fraction of sp³-hybridized carbons (Fsp3) is 0.211. The molecule has 1 aromatic heterocycles. The van der Waals surface area contributed by atoms with E-state index in [4.69, 9.17) is 23.2 Å². The summed E-state index contributed by atoms with van der Waals surface area (Å²) in [5, 5.41) is 5.47. The molecular weight excluding hydrogens is 343 g/mol. The summed E-state index contributed by atoms with van der Waals surface area (Å²) in [4.78, 5) is 15.9. The van der Waals surface area contributed by atoms with Crippen molar-refractivity contribution in [2.75, 3.05) is 0 Å². The van der Waals surface area contributed by atoms with Gasteiger partial charge in [0.15, 0.2) is 0 Å². The summed E-state index contributed by atoms with van der Waals surface area (Å²) in [6, 6.07) is 13.1. The summed E-state index contributed by atoms with van der Waals surface area (Å²) in [6.07, 6.45) is 2.62. The number of amides is 1. The number of carbonyl (C=O) groups is 1. The predicted molar refractivity (Wildman–Crippen MR) is 98.0 cm³/mol. The molecule has 0 bridgehead atoms. The zero-order valence-corrected chi connectivity index (χ0v) is 14.4. The third kappa shape index (κ3) is 2.79. The number of aromatic amines is 1. The Morgan fingerprint density at radius 3 is 2.83 bits per heavy atom. The largest absolute Gasteiger partial charge is 0.358 e. The molecular formula is C19H16Cl2N2O. The molecule has 122 valence electrons. The first-order valence-electron chi connectivity index (χ1n) is 7.96. The van der Waals surface area contributed by atoms with Crippen molar-refractivity contribution in [1.82, 2.24) is 10.3 Å². The van der Waals surface area contributed by atoms with Crippen LogP contribution in [0.1, 0.15) is 28.0 Å². The second-order valence-corrected chi connectivity index (χ2v) is 7.01. The van der Waals surface area contributed by atoms with Crippen LogP contribution in [0.15, 0.2) is 42.5 Å². The van der Waals surface area contributed by atoms with Gasteiger partial charge in [-0.05, 0) is 55.2 Å². The monoisotopic (exact) mass is 358 g/mol. The summed E-state index contributed by atoms with van der Waals surface area (Å²) in [6.45, 7) is 0. The van der Waals surface area contributed by atoms with Crippen LogP contribution in [0.3, 0.4) is 0 Å². The molecule has 0 fully saturated rings. The van der Waals surface area contributed by atoms with E-state index in [1.165, 1.54) is 11.3 Å². The molecule has 5 heteroatoms. The smallest absolute Gasteiger partial charge is 0.253 e. The fourth-order valence-corrected chi connectivity index (χ4v) is 3.81. The Kier molecular flexibility index (Phi) is 3.99. The lowest BCUT2D eigenvalue weighted by Gasteiger charge is -2.24. The third-order valence-corrected chi connectivity index (χ3v) is 5.17. The SMILES string of the molecule is O=C(NC1CCc2[nH]c3ccc(Cl)cc3c2C1)c1ccccc1Cl. The van der Waals surface area contributed by atoms with Crippen LogP contribution in [-0.4, -0.2) is 16.9 Å². The van der Waals surface area contributed by atoms with Crippen molar-refractivity contribution in [2.45, 2.75) is 25.3 Å².